The Morgan fingerprint density at radius 1 is 0.881 bits per heavy atom. The maximum absolute atomic E-state index is 13.4. The zero-order chi connectivity index (χ0) is 29.7. The van der Waals surface area contributed by atoms with E-state index in [2.05, 4.69) is 39.7 Å². The van der Waals surface area contributed by atoms with Crippen LogP contribution in [0.1, 0.15) is 76.2 Å². The molecule has 2 atom stereocenters. The molecule has 220 valence electrons. The predicted octanol–water partition coefficient (Wildman–Crippen LogP) is 3.93. The van der Waals surface area contributed by atoms with E-state index >= 15 is 0 Å². The second-order valence-corrected chi connectivity index (χ2v) is 12.0. The van der Waals surface area contributed by atoms with Crippen LogP contribution in [0.15, 0.2) is 67.0 Å². The van der Waals surface area contributed by atoms with E-state index in [1.165, 1.54) is 0 Å². The lowest BCUT2D eigenvalue weighted by atomic mass is 9.82. The first-order valence-electron chi connectivity index (χ1n) is 14.7. The number of phenols is 1. The maximum Gasteiger partial charge on any atom is 0.251 e. The molecular weight excluding hydrogens is 530 g/mol. The fourth-order valence-electron chi connectivity index (χ4n) is 5.58. The van der Waals surface area contributed by atoms with Gasteiger partial charge in [-0.05, 0) is 80.1 Å². The molecule has 4 N–H and O–H groups in total. The third-order valence-electron chi connectivity index (χ3n) is 8.41. The highest BCUT2D eigenvalue weighted by molar-refractivity contribution is 6.11. The van der Waals surface area contributed by atoms with Crippen molar-refractivity contribution in [2.45, 2.75) is 51.6 Å². The molecule has 5 rings (SSSR count). The molecule has 2 fully saturated rings. The van der Waals surface area contributed by atoms with Crippen molar-refractivity contribution >= 4 is 23.3 Å². The number of ketones is 1. The number of rotatable bonds is 7. The highest BCUT2D eigenvalue weighted by Gasteiger charge is 2.28. The Bertz CT molecular complexity index is 1410. The molecule has 0 saturated carbocycles. The van der Waals surface area contributed by atoms with Crippen LogP contribution in [0.5, 0.6) is 5.75 Å². The van der Waals surface area contributed by atoms with E-state index in [4.69, 9.17) is 0 Å². The molecule has 3 aromatic rings. The molecule has 1 aromatic heterocycles. The lowest BCUT2D eigenvalue weighted by Crippen LogP contribution is -2.54. The SMILES string of the molecule is CC1(C)CCN(c2ccc(O)c(C(=O)c3ccc(C(=O)NC4CCCNCC4NC(=O)c4ccncc4)cc3)c2)CC1. The number of hydrogen-bond acceptors (Lipinski definition) is 7. The first-order chi connectivity index (χ1) is 20.2. The molecule has 2 aliphatic heterocycles. The topological polar surface area (TPSA) is 124 Å². The summed E-state index contributed by atoms with van der Waals surface area (Å²) in [6.07, 6.45) is 6.84. The van der Waals surface area contributed by atoms with Crippen molar-refractivity contribution in [2.75, 3.05) is 31.1 Å². The van der Waals surface area contributed by atoms with E-state index in [0.29, 0.717) is 35.1 Å². The Balaban J connectivity index is 1.25. The van der Waals surface area contributed by atoms with E-state index in [0.717, 1.165) is 44.6 Å². The summed E-state index contributed by atoms with van der Waals surface area (Å²) >= 11 is 0. The van der Waals surface area contributed by atoms with Crippen LogP contribution in [0.4, 0.5) is 5.69 Å². The molecule has 2 unspecified atom stereocenters. The molecule has 0 spiro atoms. The Hall–Kier alpha value is -4.24. The summed E-state index contributed by atoms with van der Waals surface area (Å²) in [7, 11) is 0. The van der Waals surface area contributed by atoms with Crippen molar-refractivity contribution < 1.29 is 19.5 Å². The number of hydrogen-bond donors (Lipinski definition) is 4. The lowest BCUT2D eigenvalue weighted by Gasteiger charge is -2.38. The minimum Gasteiger partial charge on any atom is -0.507 e. The number of nitrogens with one attached hydrogen (secondary N) is 3. The van der Waals surface area contributed by atoms with Gasteiger partial charge >= 0.3 is 0 Å². The molecule has 0 bridgehead atoms. The van der Waals surface area contributed by atoms with Crippen LogP contribution in [0.25, 0.3) is 0 Å². The van der Waals surface area contributed by atoms with Crippen molar-refractivity contribution in [3.05, 3.63) is 89.2 Å². The maximum atomic E-state index is 13.4. The van der Waals surface area contributed by atoms with Crippen molar-refractivity contribution in [2.24, 2.45) is 5.41 Å². The molecule has 2 amide bonds. The van der Waals surface area contributed by atoms with Crippen LogP contribution < -0.4 is 20.9 Å². The van der Waals surface area contributed by atoms with Gasteiger partial charge in [-0.25, -0.2) is 0 Å². The molecule has 2 aromatic carbocycles. The first kappa shape index (κ1) is 29.3. The molecule has 0 radical (unpaired) electrons. The largest absolute Gasteiger partial charge is 0.507 e. The van der Waals surface area contributed by atoms with Gasteiger partial charge in [0, 0.05) is 54.4 Å². The van der Waals surface area contributed by atoms with Crippen molar-refractivity contribution in [3.63, 3.8) is 0 Å². The minimum atomic E-state index is -0.299. The molecule has 3 heterocycles. The van der Waals surface area contributed by atoms with Crippen LogP contribution in [0.2, 0.25) is 0 Å². The summed E-state index contributed by atoms with van der Waals surface area (Å²) in [6, 6.07) is 14.4. The number of anilines is 1. The molecule has 2 aliphatic rings. The summed E-state index contributed by atoms with van der Waals surface area (Å²) in [5.41, 5.74) is 2.79. The standard InChI is InChI=1S/C33H39N5O4/c1-33(2)13-18-38(19-14-33)25-9-10-29(39)26(20-25)30(40)22-5-7-23(8-6-22)31(41)36-27-4-3-15-35-21-28(27)37-32(42)24-11-16-34-17-12-24/h5-12,16-17,20,27-28,35,39H,3-4,13-15,18-19,21H2,1-2H3,(H,36,41)(H,37,42). The summed E-state index contributed by atoms with van der Waals surface area (Å²) in [5.74, 6) is -0.858. The van der Waals surface area contributed by atoms with Gasteiger partial charge in [0.15, 0.2) is 5.78 Å². The van der Waals surface area contributed by atoms with Gasteiger partial charge in [-0.3, -0.25) is 19.4 Å². The molecule has 0 aliphatic carbocycles. The van der Waals surface area contributed by atoms with Gasteiger partial charge in [0.05, 0.1) is 17.6 Å². The third-order valence-corrected chi connectivity index (χ3v) is 8.41. The number of aromatic nitrogens is 1. The highest BCUT2D eigenvalue weighted by Crippen LogP contribution is 2.34. The normalized spacial score (nSPS) is 20.3. The number of carbonyl (C=O) groups excluding carboxylic acids is 3. The monoisotopic (exact) mass is 569 g/mol. The van der Waals surface area contributed by atoms with Crippen molar-refractivity contribution in [1.82, 2.24) is 20.9 Å². The molecule has 9 heteroatoms. The molecular formula is C33H39N5O4. The zero-order valence-corrected chi connectivity index (χ0v) is 24.2. The third kappa shape index (κ3) is 6.97. The number of phenolic OH excluding ortho intramolecular Hbond substituents is 1. The highest BCUT2D eigenvalue weighted by atomic mass is 16.3. The van der Waals surface area contributed by atoms with Gasteiger partial charge in [-0.1, -0.05) is 26.0 Å². The van der Waals surface area contributed by atoms with Gasteiger partial charge < -0.3 is 26.0 Å². The number of piperidine rings is 1. The van der Waals surface area contributed by atoms with Crippen LogP contribution in [0.3, 0.4) is 0 Å². The van der Waals surface area contributed by atoms with Crippen molar-refractivity contribution in [1.29, 1.82) is 0 Å². The zero-order valence-electron chi connectivity index (χ0n) is 24.2. The number of pyridine rings is 1. The van der Waals surface area contributed by atoms with Crippen LogP contribution in [-0.4, -0.2) is 66.0 Å². The second kappa shape index (κ2) is 12.7. The quantitative estimate of drug-likeness (QED) is 0.318. The van der Waals surface area contributed by atoms with E-state index in [1.54, 1.807) is 60.9 Å². The number of nitrogens with zero attached hydrogens (tertiary/aromatic N) is 2. The number of amides is 2. The minimum absolute atomic E-state index is 0.0651. The average Bonchev–Trinajstić information content (AvgIpc) is 3.22. The smallest absolute Gasteiger partial charge is 0.251 e. The summed E-state index contributed by atoms with van der Waals surface area (Å²) < 4.78 is 0. The van der Waals surface area contributed by atoms with E-state index in [1.807, 2.05) is 6.07 Å². The van der Waals surface area contributed by atoms with Crippen LogP contribution >= 0.6 is 0 Å². The summed E-state index contributed by atoms with van der Waals surface area (Å²) in [6.45, 7) is 7.69. The Morgan fingerprint density at radius 2 is 1.50 bits per heavy atom. The predicted molar refractivity (Wildman–Crippen MR) is 162 cm³/mol. The van der Waals surface area contributed by atoms with E-state index in [-0.39, 0.29) is 41.0 Å². The Kier molecular flexibility index (Phi) is 8.87. The molecule has 42 heavy (non-hydrogen) atoms. The Morgan fingerprint density at radius 3 is 2.19 bits per heavy atom. The van der Waals surface area contributed by atoms with E-state index < -0.39 is 0 Å². The van der Waals surface area contributed by atoms with Gasteiger partial charge in [0.25, 0.3) is 11.8 Å². The number of aromatic hydroxyl groups is 1. The number of carbonyl (C=O) groups is 3. The van der Waals surface area contributed by atoms with Gasteiger partial charge in [-0.2, -0.15) is 0 Å². The fourth-order valence-corrected chi connectivity index (χ4v) is 5.58. The van der Waals surface area contributed by atoms with Crippen molar-refractivity contribution in [3.8, 4) is 5.75 Å². The van der Waals surface area contributed by atoms with Gasteiger partial charge in [0.1, 0.15) is 5.75 Å². The summed E-state index contributed by atoms with van der Waals surface area (Å²) in [4.78, 5) is 45.6. The first-order valence-corrected chi connectivity index (χ1v) is 14.7. The Labute approximate surface area is 246 Å². The lowest BCUT2D eigenvalue weighted by molar-refractivity contribution is 0.0882. The second-order valence-electron chi connectivity index (χ2n) is 12.0. The van der Waals surface area contributed by atoms with Crippen LogP contribution in [-0.2, 0) is 0 Å². The van der Waals surface area contributed by atoms with Gasteiger partial charge in [-0.15, -0.1) is 0 Å². The molecule has 2 saturated heterocycles. The van der Waals surface area contributed by atoms with Gasteiger partial charge in [0.2, 0.25) is 0 Å². The number of benzene rings is 2. The van der Waals surface area contributed by atoms with Crippen LogP contribution in [0, 0.1) is 5.41 Å². The summed E-state index contributed by atoms with van der Waals surface area (Å²) in [5, 5.41) is 20.0. The fraction of sp³-hybridized carbons (Fsp3) is 0.394. The average molecular weight is 570 g/mol. The molecule has 9 nitrogen and oxygen atoms in total. The van der Waals surface area contributed by atoms with E-state index in [9.17, 15) is 19.5 Å².